The van der Waals surface area contributed by atoms with Gasteiger partial charge in [0.05, 0.1) is 6.54 Å². The van der Waals surface area contributed by atoms with E-state index in [2.05, 4.69) is 34.1 Å². The summed E-state index contributed by atoms with van der Waals surface area (Å²) in [7, 11) is 2.15. The summed E-state index contributed by atoms with van der Waals surface area (Å²) >= 11 is 0. The fourth-order valence-electron chi connectivity index (χ4n) is 4.44. The monoisotopic (exact) mass is 470 g/mol. The Morgan fingerprint density at radius 2 is 1.94 bits per heavy atom. The zero-order chi connectivity index (χ0) is 24.4. The molecule has 0 amide bonds. The van der Waals surface area contributed by atoms with Crippen molar-refractivity contribution in [1.82, 2.24) is 29.2 Å². The van der Waals surface area contributed by atoms with Crippen molar-refractivity contribution >= 4 is 28.5 Å². The molecular formula is C26H30N8O. The molecule has 1 saturated heterocycles. The Hall–Kier alpha value is -3.98. The second-order valence-corrected chi connectivity index (χ2v) is 9.02. The minimum atomic E-state index is -0.183. The van der Waals surface area contributed by atoms with Gasteiger partial charge in [-0.15, -0.1) is 6.58 Å². The molecule has 0 bridgehead atoms. The molecule has 4 heterocycles. The SMILES string of the molecule is C=CCn1c(=O)c2cnc(Nc3cccc(C)c3)nc2n1-c1cccc(NC2CCN(C)CC2)n1. The minimum absolute atomic E-state index is 0.183. The summed E-state index contributed by atoms with van der Waals surface area (Å²) in [6.45, 7) is 8.30. The van der Waals surface area contributed by atoms with Crippen molar-refractivity contribution in [3.8, 4) is 5.82 Å². The average Bonchev–Trinajstić information content (AvgIpc) is 3.12. The summed E-state index contributed by atoms with van der Waals surface area (Å²) < 4.78 is 3.34. The number of allylic oxidation sites excluding steroid dienone is 1. The Labute approximate surface area is 204 Å². The first-order valence-electron chi connectivity index (χ1n) is 11.9. The van der Waals surface area contributed by atoms with E-state index in [4.69, 9.17) is 9.97 Å². The molecule has 0 radical (unpaired) electrons. The molecule has 1 aliphatic heterocycles. The van der Waals surface area contributed by atoms with Crippen molar-refractivity contribution in [3.05, 3.63) is 77.2 Å². The number of nitrogens with one attached hydrogen (secondary N) is 2. The number of pyridine rings is 1. The molecule has 1 aliphatic rings. The van der Waals surface area contributed by atoms with Crippen LogP contribution in [0.4, 0.5) is 17.5 Å². The predicted molar refractivity (Wildman–Crippen MR) is 140 cm³/mol. The van der Waals surface area contributed by atoms with Gasteiger partial charge in [-0.3, -0.25) is 4.79 Å². The molecule has 4 aromatic rings. The third-order valence-electron chi connectivity index (χ3n) is 6.27. The molecule has 2 N–H and O–H groups in total. The number of nitrogens with zero attached hydrogens (tertiary/aromatic N) is 6. The summed E-state index contributed by atoms with van der Waals surface area (Å²) in [4.78, 5) is 29.5. The Morgan fingerprint density at radius 3 is 2.71 bits per heavy atom. The second kappa shape index (κ2) is 9.71. The average molecular weight is 471 g/mol. The van der Waals surface area contributed by atoms with Gasteiger partial charge in [-0.25, -0.2) is 19.3 Å². The van der Waals surface area contributed by atoms with Crippen LogP contribution < -0.4 is 16.2 Å². The van der Waals surface area contributed by atoms with Gasteiger partial charge in [0.2, 0.25) is 5.95 Å². The van der Waals surface area contributed by atoms with E-state index < -0.39 is 0 Å². The van der Waals surface area contributed by atoms with Crippen molar-refractivity contribution in [2.45, 2.75) is 32.4 Å². The van der Waals surface area contributed by atoms with Crippen LogP contribution in [0.15, 0.2) is 66.1 Å². The lowest BCUT2D eigenvalue weighted by atomic mass is 10.1. The molecule has 0 spiro atoms. The quantitative estimate of drug-likeness (QED) is 0.398. The van der Waals surface area contributed by atoms with Crippen molar-refractivity contribution in [2.24, 2.45) is 0 Å². The Kier molecular flexibility index (Phi) is 6.33. The zero-order valence-electron chi connectivity index (χ0n) is 20.1. The fourth-order valence-corrected chi connectivity index (χ4v) is 4.44. The van der Waals surface area contributed by atoms with Gasteiger partial charge in [0.15, 0.2) is 11.5 Å². The zero-order valence-corrected chi connectivity index (χ0v) is 20.1. The summed E-state index contributed by atoms with van der Waals surface area (Å²) in [5.74, 6) is 1.80. The van der Waals surface area contributed by atoms with E-state index >= 15 is 0 Å². The van der Waals surface area contributed by atoms with Crippen LogP contribution in [0.3, 0.4) is 0 Å². The maximum Gasteiger partial charge on any atom is 0.278 e. The molecular weight excluding hydrogens is 440 g/mol. The number of aromatic nitrogens is 5. The number of rotatable bonds is 7. The first kappa shape index (κ1) is 22.8. The molecule has 5 rings (SSSR count). The van der Waals surface area contributed by atoms with Crippen molar-refractivity contribution in [3.63, 3.8) is 0 Å². The summed E-state index contributed by atoms with van der Waals surface area (Å²) in [5, 5.41) is 7.23. The van der Waals surface area contributed by atoms with E-state index in [-0.39, 0.29) is 5.56 Å². The van der Waals surface area contributed by atoms with Gasteiger partial charge < -0.3 is 15.5 Å². The molecule has 9 nitrogen and oxygen atoms in total. The molecule has 0 saturated carbocycles. The van der Waals surface area contributed by atoms with Crippen molar-refractivity contribution < 1.29 is 0 Å². The van der Waals surface area contributed by atoms with Gasteiger partial charge in [-0.05, 0) is 69.7 Å². The van der Waals surface area contributed by atoms with Crippen LogP contribution in [-0.4, -0.2) is 55.4 Å². The third kappa shape index (κ3) is 4.81. The van der Waals surface area contributed by atoms with Gasteiger partial charge in [0, 0.05) is 17.9 Å². The summed E-state index contributed by atoms with van der Waals surface area (Å²) in [6.07, 6.45) is 5.39. The van der Waals surface area contributed by atoms with Crippen LogP contribution in [0.25, 0.3) is 16.9 Å². The van der Waals surface area contributed by atoms with E-state index in [1.165, 1.54) is 0 Å². The third-order valence-corrected chi connectivity index (χ3v) is 6.27. The van der Waals surface area contributed by atoms with Crippen LogP contribution in [-0.2, 0) is 6.54 Å². The summed E-state index contributed by atoms with van der Waals surface area (Å²) in [5.41, 5.74) is 2.32. The molecule has 3 aromatic heterocycles. The number of fused-ring (bicyclic) bond motifs is 1. The summed E-state index contributed by atoms with van der Waals surface area (Å²) in [6, 6.07) is 14.1. The van der Waals surface area contributed by atoms with Gasteiger partial charge in [0.1, 0.15) is 11.2 Å². The maximum absolute atomic E-state index is 13.2. The normalized spacial score (nSPS) is 14.8. The minimum Gasteiger partial charge on any atom is -0.367 e. The number of hydrogen-bond donors (Lipinski definition) is 2. The molecule has 0 atom stereocenters. The van der Waals surface area contributed by atoms with Gasteiger partial charge >= 0.3 is 0 Å². The second-order valence-electron chi connectivity index (χ2n) is 9.02. The van der Waals surface area contributed by atoms with Crippen LogP contribution in [0.5, 0.6) is 0 Å². The largest absolute Gasteiger partial charge is 0.367 e. The molecule has 9 heteroatoms. The highest BCUT2D eigenvalue weighted by Gasteiger charge is 2.20. The molecule has 1 fully saturated rings. The highest BCUT2D eigenvalue weighted by molar-refractivity contribution is 5.77. The number of anilines is 3. The van der Waals surface area contributed by atoms with Gasteiger partial charge in [-0.2, -0.15) is 4.98 Å². The van der Waals surface area contributed by atoms with E-state index in [1.54, 1.807) is 21.6 Å². The van der Waals surface area contributed by atoms with E-state index in [0.717, 1.165) is 43.0 Å². The standard InChI is InChI=1S/C26H30N8O/c1-4-13-33-25(35)21-17-27-26(29-20-8-5-7-18(2)16-20)31-24(21)34(33)23-10-6-9-22(30-23)28-19-11-14-32(3)15-12-19/h4-10,16-17,19H,1,11-15H2,2-3H3,(H,28,30)(H,27,29,31). The van der Waals surface area contributed by atoms with Crippen LogP contribution in [0.2, 0.25) is 0 Å². The number of aryl methyl sites for hydroxylation is 1. The molecule has 0 unspecified atom stereocenters. The maximum atomic E-state index is 13.2. The number of hydrogen-bond acceptors (Lipinski definition) is 7. The number of likely N-dealkylation sites (tertiary alicyclic amines) is 1. The molecule has 0 aliphatic carbocycles. The molecule has 1 aromatic carbocycles. The Morgan fingerprint density at radius 1 is 1.14 bits per heavy atom. The number of benzene rings is 1. The van der Waals surface area contributed by atoms with Crippen LogP contribution >= 0.6 is 0 Å². The van der Waals surface area contributed by atoms with E-state index in [0.29, 0.717) is 35.4 Å². The van der Waals surface area contributed by atoms with Gasteiger partial charge in [-0.1, -0.05) is 24.3 Å². The first-order chi connectivity index (χ1) is 17.0. The topological polar surface area (TPSA) is 92.9 Å². The van der Waals surface area contributed by atoms with Crippen molar-refractivity contribution in [1.29, 1.82) is 0 Å². The smallest absolute Gasteiger partial charge is 0.278 e. The lowest BCUT2D eigenvalue weighted by Crippen LogP contribution is -2.36. The Bertz CT molecular complexity index is 1410. The number of piperidine rings is 1. The van der Waals surface area contributed by atoms with E-state index in [1.807, 2.05) is 49.4 Å². The lowest BCUT2D eigenvalue weighted by molar-refractivity contribution is 0.263. The van der Waals surface area contributed by atoms with Crippen LogP contribution in [0, 0.1) is 6.92 Å². The fraction of sp³-hybridized carbons (Fsp3) is 0.308. The molecule has 35 heavy (non-hydrogen) atoms. The highest BCUT2D eigenvalue weighted by atomic mass is 16.1. The van der Waals surface area contributed by atoms with Crippen LogP contribution in [0.1, 0.15) is 18.4 Å². The van der Waals surface area contributed by atoms with Gasteiger partial charge in [0.25, 0.3) is 5.56 Å². The highest BCUT2D eigenvalue weighted by Crippen LogP contribution is 2.21. The predicted octanol–water partition coefficient (Wildman–Crippen LogP) is 3.72. The molecule has 180 valence electrons. The first-order valence-corrected chi connectivity index (χ1v) is 11.9. The van der Waals surface area contributed by atoms with E-state index in [9.17, 15) is 4.79 Å². The lowest BCUT2D eigenvalue weighted by Gasteiger charge is -2.29. The Balaban J connectivity index is 1.54. The van der Waals surface area contributed by atoms with Crippen molar-refractivity contribution in [2.75, 3.05) is 30.8 Å².